The molecule has 0 saturated heterocycles. The molecule has 0 saturated carbocycles. The highest BCUT2D eigenvalue weighted by molar-refractivity contribution is 7.80. The van der Waals surface area contributed by atoms with Crippen LogP contribution in [0.4, 0.5) is 9.52 Å². The van der Waals surface area contributed by atoms with Gasteiger partial charge in [-0.05, 0) is 48.6 Å². The Morgan fingerprint density at radius 1 is 1.22 bits per heavy atom. The Bertz CT molecular complexity index is 895. The Hall–Kier alpha value is -2.09. The first-order valence-corrected chi connectivity index (χ1v) is 8.06. The van der Waals surface area contributed by atoms with Crippen molar-refractivity contribution >= 4 is 61.5 Å². The van der Waals surface area contributed by atoms with Crippen LogP contribution in [0.5, 0.6) is 0 Å². The highest BCUT2D eigenvalue weighted by Gasteiger charge is 2.11. The van der Waals surface area contributed by atoms with E-state index in [9.17, 15) is 9.18 Å². The van der Waals surface area contributed by atoms with Crippen LogP contribution in [0.2, 0.25) is 5.02 Å². The second kappa shape index (κ2) is 6.57. The minimum absolute atomic E-state index is 0.106. The zero-order valence-electron chi connectivity index (χ0n) is 11.5. The number of hydrogen-bond donors (Lipinski definition) is 2. The van der Waals surface area contributed by atoms with Crippen LogP contribution in [0.3, 0.4) is 0 Å². The van der Waals surface area contributed by atoms with E-state index in [0.717, 1.165) is 4.70 Å². The molecule has 2 N–H and O–H groups in total. The third kappa shape index (κ3) is 3.64. The first-order chi connectivity index (χ1) is 11.0. The number of hydrogen-bond acceptors (Lipinski definition) is 4. The van der Waals surface area contributed by atoms with Gasteiger partial charge < -0.3 is 5.32 Å². The topological polar surface area (TPSA) is 54.0 Å². The van der Waals surface area contributed by atoms with Crippen molar-refractivity contribution in [2.45, 2.75) is 0 Å². The lowest BCUT2D eigenvalue weighted by atomic mass is 10.2. The molecule has 8 heteroatoms. The number of aromatic nitrogens is 1. The predicted molar refractivity (Wildman–Crippen MR) is 94.7 cm³/mol. The molecule has 0 fully saturated rings. The Balaban J connectivity index is 1.69. The first-order valence-electron chi connectivity index (χ1n) is 6.46. The van der Waals surface area contributed by atoms with Gasteiger partial charge in [0.1, 0.15) is 11.3 Å². The largest absolute Gasteiger partial charge is 0.308 e. The molecule has 0 bridgehead atoms. The van der Waals surface area contributed by atoms with Gasteiger partial charge in [-0.1, -0.05) is 29.0 Å². The van der Waals surface area contributed by atoms with Crippen molar-refractivity contribution in [2.75, 3.05) is 5.32 Å². The third-order valence-electron chi connectivity index (χ3n) is 2.92. The van der Waals surface area contributed by atoms with E-state index >= 15 is 0 Å². The van der Waals surface area contributed by atoms with Crippen LogP contribution in [0.25, 0.3) is 10.2 Å². The van der Waals surface area contributed by atoms with Crippen LogP contribution >= 0.6 is 35.2 Å². The van der Waals surface area contributed by atoms with Crippen molar-refractivity contribution < 1.29 is 9.18 Å². The van der Waals surface area contributed by atoms with E-state index in [1.165, 1.54) is 35.6 Å². The normalized spacial score (nSPS) is 10.5. The molecule has 0 aliphatic heterocycles. The summed E-state index contributed by atoms with van der Waals surface area (Å²) < 4.78 is 13.8. The van der Waals surface area contributed by atoms with Crippen molar-refractivity contribution in [3.63, 3.8) is 0 Å². The molecular weight excluding hydrogens is 357 g/mol. The summed E-state index contributed by atoms with van der Waals surface area (Å²) in [6.45, 7) is 0. The van der Waals surface area contributed by atoms with E-state index in [-0.39, 0.29) is 5.11 Å². The summed E-state index contributed by atoms with van der Waals surface area (Å²) >= 11 is 12.5. The number of rotatable bonds is 2. The summed E-state index contributed by atoms with van der Waals surface area (Å²) in [4.78, 5) is 16.3. The van der Waals surface area contributed by atoms with E-state index in [0.29, 0.717) is 21.2 Å². The second-order valence-corrected chi connectivity index (χ2v) is 6.37. The van der Waals surface area contributed by atoms with Gasteiger partial charge in [-0.15, -0.1) is 0 Å². The molecule has 116 valence electrons. The smallest absolute Gasteiger partial charge is 0.257 e. The molecular formula is C15H9ClFN3OS2. The Morgan fingerprint density at radius 3 is 2.65 bits per heavy atom. The zero-order valence-corrected chi connectivity index (χ0v) is 13.9. The van der Waals surface area contributed by atoms with Gasteiger partial charge in [0, 0.05) is 5.56 Å². The van der Waals surface area contributed by atoms with Crippen molar-refractivity contribution in [1.29, 1.82) is 0 Å². The van der Waals surface area contributed by atoms with Crippen LogP contribution in [-0.4, -0.2) is 16.0 Å². The highest BCUT2D eigenvalue weighted by Crippen LogP contribution is 2.30. The number of thiocarbonyl (C=S) groups is 1. The lowest BCUT2D eigenvalue weighted by Gasteiger charge is -2.06. The molecule has 0 unspecified atom stereocenters. The first kappa shape index (κ1) is 15.8. The van der Waals surface area contributed by atoms with Crippen molar-refractivity contribution in [3.8, 4) is 0 Å². The van der Waals surface area contributed by atoms with Gasteiger partial charge in [-0.3, -0.25) is 10.1 Å². The number of thiazole rings is 1. The Morgan fingerprint density at radius 2 is 1.96 bits per heavy atom. The van der Waals surface area contributed by atoms with Gasteiger partial charge in [0.2, 0.25) is 0 Å². The minimum atomic E-state index is -0.429. The van der Waals surface area contributed by atoms with Crippen LogP contribution in [0.1, 0.15) is 10.4 Å². The maximum absolute atomic E-state index is 12.8. The number of carbonyl (C=O) groups is 1. The Labute approximate surface area is 145 Å². The van der Waals surface area contributed by atoms with Gasteiger partial charge >= 0.3 is 0 Å². The second-order valence-electron chi connectivity index (χ2n) is 4.52. The summed E-state index contributed by atoms with van der Waals surface area (Å²) in [6, 6.07) is 10.7. The number of carbonyl (C=O) groups excluding carboxylic acids is 1. The van der Waals surface area contributed by atoms with Crippen molar-refractivity contribution in [2.24, 2.45) is 0 Å². The van der Waals surface area contributed by atoms with Crippen LogP contribution < -0.4 is 10.6 Å². The fourth-order valence-electron chi connectivity index (χ4n) is 1.87. The van der Waals surface area contributed by atoms with E-state index in [2.05, 4.69) is 15.6 Å². The molecule has 4 nitrogen and oxygen atoms in total. The molecule has 3 rings (SSSR count). The summed E-state index contributed by atoms with van der Waals surface area (Å²) in [7, 11) is 0. The van der Waals surface area contributed by atoms with Crippen LogP contribution in [0, 0.1) is 5.82 Å². The van der Waals surface area contributed by atoms with Gasteiger partial charge in [-0.25, -0.2) is 9.37 Å². The van der Waals surface area contributed by atoms with E-state index in [4.69, 9.17) is 23.8 Å². The predicted octanol–water partition coefficient (Wildman–Crippen LogP) is 4.22. The number of para-hydroxylation sites is 1. The maximum atomic E-state index is 12.8. The standard InChI is InChI=1S/C15H9ClFN3OS2/c16-10-2-1-3-11-12(10)18-15(23-11)20-14(22)19-13(21)8-4-6-9(17)7-5-8/h1-7H,(H2,18,19,20,21,22). The number of halogens is 2. The molecule has 23 heavy (non-hydrogen) atoms. The molecule has 0 aliphatic carbocycles. The quantitative estimate of drug-likeness (QED) is 0.668. The number of anilines is 1. The molecule has 1 amide bonds. The average molecular weight is 366 g/mol. The van der Waals surface area contributed by atoms with E-state index < -0.39 is 11.7 Å². The molecule has 3 aromatic rings. The summed E-state index contributed by atoms with van der Waals surface area (Å²) in [6.07, 6.45) is 0. The zero-order chi connectivity index (χ0) is 16.4. The van der Waals surface area contributed by atoms with Gasteiger partial charge in [0.25, 0.3) is 5.91 Å². The molecule has 0 spiro atoms. The molecule has 0 radical (unpaired) electrons. The molecule has 0 atom stereocenters. The van der Waals surface area contributed by atoms with Gasteiger partial charge in [0.15, 0.2) is 10.2 Å². The fourth-order valence-corrected chi connectivity index (χ4v) is 3.30. The van der Waals surface area contributed by atoms with Crippen molar-refractivity contribution in [1.82, 2.24) is 10.3 Å². The summed E-state index contributed by atoms with van der Waals surface area (Å²) in [5, 5.41) is 6.54. The fraction of sp³-hybridized carbons (Fsp3) is 0. The Kier molecular flexibility index (Phi) is 4.51. The molecule has 2 aromatic carbocycles. The van der Waals surface area contributed by atoms with E-state index in [1.807, 2.05) is 12.1 Å². The lowest BCUT2D eigenvalue weighted by molar-refractivity contribution is 0.0977. The maximum Gasteiger partial charge on any atom is 0.257 e. The number of nitrogens with one attached hydrogen (secondary N) is 2. The molecule has 1 aromatic heterocycles. The van der Waals surface area contributed by atoms with E-state index in [1.54, 1.807) is 6.07 Å². The van der Waals surface area contributed by atoms with Crippen LogP contribution in [-0.2, 0) is 0 Å². The summed E-state index contributed by atoms with van der Waals surface area (Å²) in [5.74, 6) is -0.838. The lowest BCUT2D eigenvalue weighted by Crippen LogP contribution is -2.34. The molecule has 0 aliphatic rings. The van der Waals surface area contributed by atoms with Gasteiger partial charge in [0.05, 0.1) is 9.72 Å². The average Bonchev–Trinajstić information content (AvgIpc) is 2.91. The number of nitrogens with zero attached hydrogens (tertiary/aromatic N) is 1. The number of fused-ring (bicyclic) bond motifs is 1. The van der Waals surface area contributed by atoms with Gasteiger partial charge in [-0.2, -0.15) is 0 Å². The highest BCUT2D eigenvalue weighted by atomic mass is 35.5. The van der Waals surface area contributed by atoms with Crippen LogP contribution in [0.15, 0.2) is 42.5 Å². The molecule has 1 heterocycles. The van der Waals surface area contributed by atoms with Crippen molar-refractivity contribution in [3.05, 3.63) is 58.9 Å². The third-order valence-corrected chi connectivity index (χ3v) is 4.37. The SMILES string of the molecule is O=C(NC(=S)Nc1nc2c(Cl)cccc2s1)c1ccc(F)cc1. The summed E-state index contributed by atoms with van der Waals surface area (Å²) in [5.41, 5.74) is 0.984. The monoisotopic (exact) mass is 365 g/mol. The number of amides is 1. The minimum Gasteiger partial charge on any atom is -0.308 e. The number of benzene rings is 2.